The molecule has 0 fully saturated rings. The van der Waals surface area contributed by atoms with E-state index in [4.69, 9.17) is 0 Å². The maximum atomic E-state index is 13.5. The summed E-state index contributed by atoms with van der Waals surface area (Å²) in [5, 5.41) is 2.98. The summed E-state index contributed by atoms with van der Waals surface area (Å²) in [6.07, 6.45) is 2.37. The second-order valence-electron chi connectivity index (χ2n) is 7.58. The van der Waals surface area contributed by atoms with Gasteiger partial charge in [0.2, 0.25) is 0 Å². The predicted molar refractivity (Wildman–Crippen MR) is 132 cm³/mol. The second-order valence-corrected chi connectivity index (χ2v) is 8.87. The van der Waals surface area contributed by atoms with Gasteiger partial charge in [0.1, 0.15) is 16.8 Å². The monoisotopic (exact) mass is 473 g/mol. The number of nitrogens with one attached hydrogen (secondary N) is 2. The molecule has 0 aliphatic carbocycles. The number of amides is 1. The maximum absolute atomic E-state index is 13.5. The van der Waals surface area contributed by atoms with E-state index in [0.717, 1.165) is 22.4 Å². The number of halogens is 1. The molecule has 2 N–H and O–H groups in total. The number of carbonyl (C=O) groups is 1. The molecule has 1 unspecified atom stereocenters. The van der Waals surface area contributed by atoms with Crippen LogP contribution in [0.4, 0.5) is 4.39 Å². The van der Waals surface area contributed by atoms with Crippen molar-refractivity contribution in [3.63, 3.8) is 0 Å². The van der Waals surface area contributed by atoms with Crippen molar-refractivity contribution in [3.05, 3.63) is 120 Å². The van der Waals surface area contributed by atoms with Crippen LogP contribution in [0.15, 0.2) is 102 Å². The zero-order valence-electron chi connectivity index (χ0n) is 18.4. The van der Waals surface area contributed by atoms with E-state index in [9.17, 15) is 13.4 Å². The van der Waals surface area contributed by atoms with Crippen molar-refractivity contribution < 1.29 is 13.4 Å². The highest BCUT2D eigenvalue weighted by Crippen LogP contribution is 2.27. The molecule has 172 valence electrons. The van der Waals surface area contributed by atoms with E-state index in [1.54, 1.807) is 18.3 Å². The van der Waals surface area contributed by atoms with Crippen molar-refractivity contribution in [1.82, 2.24) is 15.0 Å². The molecular weight excluding hydrogens is 449 g/mol. The second kappa shape index (κ2) is 11.4. The van der Waals surface area contributed by atoms with Gasteiger partial charge in [0.05, 0.1) is 4.90 Å². The lowest BCUT2D eigenvalue weighted by atomic mass is 9.95. The summed E-state index contributed by atoms with van der Waals surface area (Å²) >= 11 is 0. The van der Waals surface area contributed by atoms with Gasteiger partial charge >= 0.3 is 0 Å². The Morgan fingerprint density at radius 2 is 1.65 bits per heavy atom. The normalized spacial score (nSPS) is 11.7. The Bertz CT molecular complexity index is 1300. The Morgan fingerprint density at radius 1 is 0.882 bits per heavy atom. The van der Waals surface area contributed by atoms with Crippen molar-refractivity contribution in [2.45, 2.75) is 17.9 Å². The summed E-state index contributed by atoms with van der Waals surface area (Å²) in [5.74, 6) is -0.603. The fourth-order valence-corrected chi connectivity index (χ4v) is 4.48. The predicted octanol–water partition coefficient (Wildman–Crippen LogP) is 4.67. The maximum Gasteiger partial charge on any atom is 0.251 e. The molecule has 5 nitrogen and oxygen atoms in total. The van der Waals surface area contributed by atoms with Crippen LogP contribution in [0.3, 0.4) is 0 Å². The van der Waals surface area contributed by atoms with Crippen LogP contribution >= 0.6 is 0 Å². The summed E-state index contributed by atoms with van der Waals surface area (Å²) < 4.78 is 29.0. The summed E-state index contributed by atoms with van der Waals surface area (Å²) in [6, 6.07) is 26.5. The lowest BCUT2D eigenvalue weighted by molar-refractivity contribution is 0.0954. The summed E-state index contributed by atoms with van der Waals surface area (Å²) in [4.78, 5) is 17.6. The fraction of sp³-hybridized carbons (Fsp3) is 0.111. The topological polar surface area (TPSA) is 71.1 Å². The standard InChI is InChI=1S/C27H24FN3O2S/c28-21-9-7-11-23(18-21)34(33)31-19-20-8-1-2-12-24(20)25-13-3-4-14-26(25)27(32)30-17-15-22-10-5-6-16-29-22/h1-14,16,18,31H,15,17,19H2,(H,30,32). The zero-order chi connectivity index (χ0) is 23.8. The number of pyridine rings is 1. The molecule has 0 spiro atoms. The van der Waals surface area contributed by atoms with E-state index in [2.05, 4.69) is 15.0 Å². The third-order valence-electron chi connectivity index (χ3n) is 5.28. The van der Waals surface area contributed by atoms with Crippen LogP contribution in [-0.4, -0.2) is 21.6 Å². The van der Waals surface area contributed by atoms with E-state index < -0.39 is 16.8 Å². The molecule has 4 rings (SSSR count). The van der Waals surface area contributed by atoms with Crippen molar-refractivity contribution in [1.29, 1.82) is 0 Å². The minimum atomic E-state index is -1.57. The average Bonchev–Trinajstić information content (AvgIpc) is 2.88. The van der Waals surface area contributed by atoms with Crippen LogP contribution in [0.1, 0.15) is 21.6 Å². The Morgan fingerprint density at radius 3 is 2.44 bits per heavy atom. The van der Waals surface area contributed by atoms with Gasteiger partial charge in [-0.05, 0) is 53.1 Å². The van der Waals surface area contributed by atoms with Crippen LogP contribution in [0.25, 0.3) is 11.1 Å². The summed E-state index contributed by atoms with van der Waals surface area (Å²) in [5.41, 5.74) is 4.00. The first-order valence-electron chi connectivity index (χ1n) is 10.9. The van der Waals surface area contributed by atoms with Crippen LogP contribution < -0.4 is 10.0 Å². The molecule has 0 saturated carbocycles. The zero-order valence-corrected chi connectivity index (χ0v) is 19.2. The van der Waals surface area contributed by atoms with Gasteiger partial charge in [0.25, 0.3) is 5.91 Å². The van der Waals surface area contributed by atoms with E-state index in [1.807, 2.05) is 60.7 Å². The first kappa shape index (κ1) is 23.5. The molecule has 0 aliphatic heterocycles. The van der Waals surface area contributed by atoms with Gasteiger partial charge in [-0.2, -0.15) is 0 Å². The molecule has 4 aromatic rings. The number of aromatic nitrogens is 1. The Balaban J connectivity index is 1.49. The Hall–Kier alpha value is -3.68. The van der Waals surface area contributed by atoms with E-state index in [1.165, 1.54) is 18.2 Å². The smallest absolute Gasteiger partial charge is 0.251 e. The minimum absolute atomic E-state index is 0.169. The van der Waals surface area contributed by atoms with Gasteiger partial charge in [-0.15, -0.1) is 0 Å². The highest BCUT2D eigenvalue weighted by atomic mass is 32.2. The summed E-state index contributed by atoms with van der Waals surface area (Å²) in [6.45, 7) is 0.759. The molecular formula is C27H24FN3O2S. The molecule has 1 heterocycles. The highest BCUT2D eigenvalue weighted by Gasteiger charge is 2.15. The average molecular weight is 474 g/mol. The Kier molecular flexibility index (Phi) is 7.91. The van der Waals surface area contributed by atoms with Crippen molar-refractivity contribution in [2.24, 2.45) is 0 Å². The van der Waals surface area contributed by atoms with Gasteiger partial charge < -0.3 is 5.32 Å². The number of rotatable bonds is 9. The molecule has 0 bridgehead atoms. The van der Waals surface area contributed by atoms with Gasteiger partial charge in [-0.1, -0.05) is 54.6 Å². The van der Waals surface area contributed by atoms with Gasteiger partial charge in [-0.25, -0.2) is 13.3 Å². The first-order valence-corrected chi connectivity index (χ1v) is 12.0. The number of nitrogens with zero attached hydrogens (tertiary/aromatic N) is 1. The van der Waals surface area contributed by atoms with Crippen LogP contribution in [0.5, 0.6) is 0 Å². The highest BCUT2D eigenvalue weighted by molar-refractivity contribution is 7.83. The van der Waals surface area contributed by atoms with Crippen LogP contribution in [-0.2, 0) is 24.0 Å². The molecule has 3 aromatic carbocycles. The van der Waals surface area contributed by atoms with Crippen molar-refractivity contribution in [3.8, 4) is 11.1 Å². The van der Waals surface area contributed by atoms with Crippen molar-refractivity contribution in [2.75, 3.05) is 6.54 Å². The van der Waals surface area contributed by atoms with E-state index >= 15 is 0 Å². The molecule has 0 aliphatic rings. The fourth-order valence-electron chi connectivity index (χ4n) is 3.61. The number of hydrogen-bond donors (Lipinski definition) is 2. The van der Waals surface area contributed by atoms with Gasteiger partial charge in [0, 0.05) is 37.0 Å². The molecule has 1 aromatic heterocycles. The molecule has 1 amide bonds. The van der Waals surface area contributed by atoms with Crippen molar-refractivity contribution >= 4 is 16.9 Å². The van der Waals surface area contributed by atoms with E-state index in [-0.39, 0.29) is 12.5 Å². The lowest BCUT2D eigenvalue weighted by Gasteiger charge is -2.14. The molecule has 0 saturated heterocycles. The molecule has 1 atom stereocenters. The van der Waals surface area contributed by atoms with E-state index in [0.29, 0.717) is 23.4 Å². The van der Waals surface area contributed by atoms with Gasteiger partial charge in [0.15, 0.2) is 0 Å². The van der Waals surface area contributed by atoms with Crippen LogP contribution in [0, 0.1) is 5.82 Å². The molecule has 7 heteroatoms. The summed E-state index contributed by atoms with van der Waals surface area (Å²) in [7, 11) is -1.57. The minimum Gasteiger partial charge on any atom is -0.352 e. The van der Waals surface area contributed by atoms with Crippen LogP contribution in [0.2, 0.25) is 0 Å². The van der Waals surface area contributed by atoms with Gasteiger partial charge in [-0.3, -0.25) is 9.78 Å². The largest absolute Gasteiger partial charge is 0.352 e. The quantitative estimate of drug-likeness (QED) is 0.371. The third kappa shape index (κ3) is 6.01. The number of benzene rings is 3. The molecule has 0 radical (unpaired) electrons. The number of carbonyl (C=O) groups excluding carboxylic acids is 1. The first-order chi connectivity index (χ1) is 16.6. The number of hydrogen-bond acceptors (Lipinski definition) is 3. The lowest BCUT2D eigenvalue weighted by Crippen LogP contribution is -2.26. The molecule has 34 heavy (non-hydrogen) atoms. The SMILES string of the molecule is O=C(NCCc1ccccn1)c1ccccc1-c1ccccc1CNS(=O)c1cccc(F)c1. The third-order valence-corrected chi connectivity index (χ3v) is 6.36. The Labute approximate surface area is 200 Å².